The Labute approximate surface area is 260 Å². The van der Waals surface area contributed by atoms with E-state index in [0.717, 1.165) is 38.7 Å². The Morgan fingerprint density at radius 1 is 1.12 bits per heavy atom. The van der Waals surface area contributed by atoms with E-state index in [1.54, 1.807) is 54.5 Å². The van der Waals surface area contributed by atoms with Gasteiger partial charge in [-0.2, -0.15) is 4.37 Å². The molecule has 0 spiro atoms. The number of rotatable bonds is 7. The van der Waals surface area contributed by atoms with Crippen molar-refractivity contribution in [2.45, 2.75) is 35.5 Å². The fraction of sp³-hybridized carbons (Fsp3) is 0.222. The maximum absolute atomic E-state index is 13.5. The summed E-state index contributed by atoms with van der Waals surface area (Å²) < 4.78 is 25.3. The van der Waals surface area contributed by atoms with Crippen LogP contribution in [0.15, 0.2) is 70.0 Å². The van der Waals surface area contributed by atoms with E-state index in [1.165, 1.54) is 23.7 Å². The lowest BCUT2D eigenvalue weighted by Crippen LogP contribution is -2.36. The zero-order valence-corrected chi connectivity index (χ0v) is 25.7. The van der Waals surface area contributed by atoms with Gasteiger partial charge in [-0.15, -0.1) is 36.2 Å². The molecule has 0 saturated carbocycles. The standard InChI is InChI=1S/C27H23FN6O2S3.2ClH/c1-16(35)34-11-7-17(8-12-34)25-31-27(39-33-25)32-26-22(36-19-4-2-18(28)3-5-19)14-20(15-30-26)38-23-6-10-29-21-9-13-37-24(21)23;;/h2-6,9-10,13-15,17H,7-8,11-12H2,1H3,(H,30,31,32,33);2*1H. The van der Waals surface area contributed by atoms with Crippen molar-refractivity contribution < 1.29 is 13.9 Å². The smallest absolute Gasteiger partial charge is 0.219 e. The van der Waals surface area contributed by atoms with Gasteiger partial charge >= 0.3 is 0 Å². The van der Waals surface area contributed by atoms with Gasteiger partial charge in [0.2, 0.25) is 11.0 Å². The predicted octanol–water partition coefficient (Wildman–Crippen LogP) is 7.94. The molecule has 5 heterocycles. The molecule has 1 aliphatic rings. The molecule has 1 amide bonds. The fourth-order valence-electron chi connectivity index (χ4n) is 4.35. The van der Waals surface area contributed by atoms with E-state index in [0.29, 0.717) is 35.5 Å². The first-order valence-corrected chi connectivity index (χ1v) is 14.8. The van der Waals surface area contributed by atoms with Crippen LogP contribution in [-0.2, 0) is 4.79 Å². The van der Waals surface area contributed by atoms with Crippen LogP contribution in [0.25, 0.3) is 10.2 Å². The van der Waals surface area contributed by atoms with Crippen molar-refractivity contribution in [3.05, 3.63) is 71.9 Å². The minimum absolute atomic E-state index is 0. The highest BCUT2D eigenvalue weighted by Gasteiger charge is 2.25. The highest BCUT2D eigenvalue weighted by atomic mass is 35.5. The highest BCUT2D eigenvalue weighted by molar-refractivity contribution is 7.99. The number of anilines is 2. The molecule has 1 aromatic carbocycles. The number of nitrogens with one attached hydrogen (secondary N) is 1. The number of carbonyl (C=O) groups is 1. The van der Waals surface area contributed by atoms with E-state index in [9.17, 15) is 9.18 Å². The molecule has 8 nitrogen and oxygen atoms in total. The number of fused-ring (bicyclic) bond motifs is 1. The van der Waals surface area contributed by atoms with Gasteiger partial charge in [0.05, 0.1) is 10.2 Å². The summed E-state index contributed by atoms with van der Waals surface area (Å²) in [6.07, 6.45) is 5.26. The summed E-state index contributed by atoms with van der Waals surface area (Å²) in [6.45, 7) is 3.03. The molecule has 41 heavy (non-hydrogen) atoms. The summed E-state index contributed by atoms with van der Waals surface area (Å²) in [5, 5.41) is 5.89. The second kappa shape index (κ2) is 13.8. The largest absolute Gasteiger partial charge is 0.453 e. The number of benzene rings is 1. The molecule has 4 aromatic heterocycles. The van der Waals surface area contributed by atoms with Crippen LogP contribution >= 0.6 is 59.4 Å². The molecule has 0 atom stereocenters. The van der Waals surface area contributed by atoms with Gasteiger partial charge in [-0.1, -0.05) is 11.8 Å². The van der Waals surface area contributed by atoms with Crippen LogP contribution in [0.5, 0.6) is 11.5 Å². The summed E-state index contributed by atoms with van der Waals surface area (Å²) in [6, 6.07) is 11.8. The third kappa shape index (κ3) is 7.25. The highest BCUT2D eigenvalue weighted by Crippen LogP contribution is 2.39. The molecule has 214 valence electrons. The van der Waals surface area contributed by atoms with E-state index in [2.05, 4.69) is 19.7 Å². The Morgan fingerprint density at radius 3 is 2.66 bits per heavy atom. The van der Waals surface area contributed by atoms with Gasteiger partial charge in [0.15, 0.2) is 11.6 Å². The number of pyridine rings is 2. The van der Waals surface area contributed by atoms with Crippen LogP contribution < -0.4 is 10.1 Å². The number of piperidine rings is 1. The molecule has 1 fully saturated rings. The molecule has 0 radical (unpaired) electrons. The van der Waals surface area contributed by atoms with Gasteiger partial charge in [-0.05, 0) is 54.6 Å². The first-order valence-electron chi connectivity index (χ1n) is 12.3. The number of aromatic nitrogens is 4. The summed E-state index contributed by atoms with van der Waals surface area (Å²) in [4.78, 5) is 29.3. The minimum Gasteiger partial charge on any atom is -0.453 e. The summed E-state index contributed by atoms with van der Waals surface area (Å²) in [5.74, 6) is 2.20. The molecule has 0 aliphatic carbocycles. The number of likely N-dealkylation sites (tertiary alicyclic amines) is 1. The second-order valence-corrected chi connectivity index (χ2v) is 11.8. The third-order valence-electron chi connectivity index (χ3n) is 6.38. The van der Waals surface area contributed by atoms with E-state index < -0.39 is 0 Å². The van der Waals surface area contributed by atoms with Crippen LogP contribution in [0.3, 0.4) is 0 Å². The van der Waals surface area contributed by atoms with Crippen molar-refractivity contribution in [1.29, 1.82) is 0 Å². The maximum Gasteiger partial charge on any atom is 0.219 e. The number of nitrogens with zero attached hydrogens (tertiary/aromatic N) is 5. The zero-order valence-electron chi connectivity index (χ0n) is 21.7. The summed E-state index contributed by atoms with van der Waals surface area (Å²) in [5.41, 5.74) is 0.957. The van der Waals surface area contributed by atoms with Crippen molar-refractivity contribution in [3.63, 3.8) is 0 Å². The lowest BCUT2D eigenvalue weighted by Gasteiger charge is -2.29. The van der Waals surface area contributed by atoms with Crippen molar-refractivity contribution in [3.8, 4) is 11.5 Å². The van der Waals surface area contributed by atoms with E-state index in [1.807, 2.05) is 28.5 Å². The topological polar surface area (TPSA) is 93.1 Å². The van der Waals surface area contributed by atoms with Crippen LogP contribution in [0, 0.1) is 5.82 Å². The first-order chi connectivity index (χ1) is 19.0. The number of hydrogen-bond acceptors (Lipinski definition) is 10. The number of halogens is 3. The molecule has 14 heteroatoms. The number of ether oxygens (including phenoxy) is 1. The molecule has 0 bridgehead atoms. The van der Waals surface area contributed by atoms with Gasteiger partial charge in [0, 0.05) is 65.7 Å². The second-order valence-electron chi connectivity index (χ2n) is 8.98. The Balaban J connectivity index is 0.00000194. The monoisotopic (exact) mass is 650 g/mol. The first kappa shape index (κ1) is 30.9. The van der Waals surface area contributed by atoms with E-state index in [4.69, 9.17) is 9.72 Å². The predicted molar refractivity (Wildman–Crippen MR) is 166 cm³/mol. The van der Waals surface area contributed by atoms with Crippen molar-refractivity contribution in [2.75, 3.05) is 18.4 Å². The molecular formula is C27H25Cl2FN6O2S3. The van der Waals surface area contributed by atoms with Crippen molar-refractivity contribution >= 4 is 86.5 Å². The molecule has 0 unspecified atom stereocenters. The number of hydrogen-bond donors (Lipinski definition) is 1. The van der Waals surface area contributed by atoms with E-state index in [-0.39, 0.29) is 42.5 Å². The van der Waals surface area contributed by atoms with Crippen molar-refractivity contribution in [2.24, 2.45) is 0 Å². The Morgan fingerprint density at radius 2 is 1.90 bits per heavy atom. The average molecular weight is 652 g/mol. The zero-order chi connectivity index (χ0) is 26.8. The fourth-order valence-corrected chi connectivity index (χ4v) is 6.87. The van der Waals surface area contributed by atoms with Gasteiger partial charge in [0.25, 0.3) is 0 Å². The Hall–Kier alpha value is -3.03. The molecule has 1 aliphatic heterocycles. The number of carbonyl (C=O) groups excluding carboxylic acids is 1. The van der Waals surface area contributed by atoms with Crippen LogP contribution in [0.4, 0.5) is 15.3 Å². The van der Waals surface area contributed by atoms with Crippen LogP contribution in [0.2, 0.25) is 0 Å². The van der Waals surface area contributed by atoms with Gasteiger partial charge in [0.1, 0.15) is 17.4 Å². The van der Waals surface area contributed by atoms with Crippen molar-refractivity contribution in [1.82, 2.24) is 24.2 Å². The molecule has 6 rings (SSSR count). The molecular weight excluding hydrogens is 626 g/mol. The lowest BCUT2D eigenvalue weighted by molar-refractivity contribution is -0.129. The normalized spacial score (nSPS) is 13.4. The third-order valence-corrected chi connectivity index (χ3v) is 9.11. The molecule has 5 aromatic rings. The van der Waals surface area contributed by atoms with Crippen LogP contribution in [0.1, 0.15) is 31.5 Å². The van der Waals surface area contributed by atoms with Gasteiger partial charge in [-0.3, -0.25) is 9.78 Å². The van der Waals surface area contributed by atoms with E-state index >= 15 is 0 Å². The average Bonchev–Trinajstić information content (AvgIpc) is 3.62. The molecule has 1 N–H and O–H groups in total. The Kier molecular flexibility index (Phi) is 10.4. The summed E-state index contributed by atoms with van der Waals surface area (Å²) >= 11 is 4.48. The number of thiophene rings is 1. The van der Waals surface area contributed by atoms with Gasteiger partial charge in [-0.25, -0.2) is 14.4 Å². The SMILES string of the molecule is CC(=O)N1CCC(c2nsc(Nc3ncc(Sc4ccnc5ccsc45)cc3Oc3ccc(F)cc3)n2)CC1.Cl.Cl. The number of amides is 1. The summed E-state index contributed by atoms with van der Waals surface area (Å²) in [7, 11) is 0. The Bertz CT molecular complexity index is 1630. The van der Waals surface area contributed by atoms with Crippen LogP contribution in [-0.4, -0.2) is 43.2 Å². The quantitative estimate of drug-likeness (QED) is 0.190. The van der Waals surface area contributed by atoms with Gasteiger partial charge < -0.3 is 15.0 Å². The molecule has 1 saturated heterocycles. The lowest BCUT2D eigenvalue weighted by atomic mass is 9.96. The maximum atomic E-state index is 13.5. The minimum atomic E-state index is -0.337.